The Morgan fingerprint density at radius 1 is 1.25 bits per heavy atom. The zero-order valence-electron chi connectivity index (χ0n) is 7.50. The summed E-state index contributed by atoms with van der Waals surface area (Å²) in [6.45, 7) is 3.00. The lowest BCUT2D eigenvalue weighted by atomic mass is 10.0. The van der Waals surface area contributed by atoms with Gasteiger partial charge in [0.2, 0.25) is 0 Å². The number of ketones is 1. The lowest BCUT2D eigenvalue weighted by Crippen LogP contribution is -2.14. The molecule has 0 saturated heterocycles. The summed E-state index contributed by atoms with van der Waals surface area (Å²) in [5.41, 5.74) is 0. The SMILES string of the molecule is CC(=O)OC1CCC(C(C)=O)C1. The van der Waals surface area contributed by atoms with E-state index >= 15 is 0 Å². The molecular formula is C9H14O3. The van der Waals surface area contributed by atoms with Crippen molar-refractivity contribution in [3.63, 3.8) is 0 Å². The van der Waals surface area contributed by atoms with Gasteiger partial charge in [-0.15, -0.1) is 0 Å². The molecule has 1 fully saturated rings. The van der Waals surface area contributed by atoms with Crippen molar-refractivity contribution in [1.29, 1.82) is 0 Å². The van der Waals surface area contributed by atoms with Crippen LogP contribution in [0.25, 0.3) is 0 Å². The van der Waals surface area contributed by atoms with Crippen molar-refractivity contribution < 1.29 is 14.3 Å². The lowest BCUT2D eigenvalue weighted by Gasteiger charge is -2.09. The second kappa shape index (κ2) is 3.70. The van der Waals surface area contributed by atoms with Gasteiger partial charge in [0, 0.05) is 12.8 Å². The van der Waals surface area contributed by atoms with Crippen LogP contribution >= 0.6 is 0 Å². The minimum Gasteiger partial charge on any atom is -0.463 e. The summed E-state index contributed by atoms with van der Waals surface area (Å²) < 4.78 is 5.00. The first-order chi connectivity index (χ1) is 5.59. The van der Waals surface area contributed by atoms with Crippen LogP contribution in [0, 0.1) is 5.92 Å². The summed E-state index contributed by atoms with van der Waals surface area (Å²) in [6, 6.07) is 0. The van der Waals surface area contributed by atoms with Crippen molar-refractivity contribution in [1.82, 2.24) is 0 Å². The summed E-state index contributed by atoms with van der Waals surface area (Å²) >= 11 is 0. The molecule has 1 rings (SSSR count). The van der Waals surface area contributed by atoms with Gasteiger partial charge in [-0.1, -0.05) is 0 Å². The molecule has 1 aliphatic rings. The van der Waals surface area contributed by atoms with Crippen LogP contribution in [0.4, 0.5) is 0 Å². The highest BCUT2D eigenvalue weighted by Crippen LogP contribution is 2.28. The summed E-state index contributed by atoms with van der Waals surface area (Å²) in [7, 11) is 0. The molecule has 0 aromatic heterocycles. The summed E-state index contributed by atoms with van der Waals surface area (Å²) in [5.74, 6) is 0.0863. The molecule has 0 bridgehead atoms. The fraction of sp³-hybridized carbons (Fsp3) is 0.778. The van der Waals surface area contributed by atoms with Crippen LogP contribution in [0.2, 0.25) is 0 Å². The summed E-state index contributed by atoms with van der Waals surface area (Å²) in [6.07, 6.45) is 2.41. The van der Waals surface area contributed by atoms with Crippen LogP contribution in [0.1, 0.15) is 33.1 Å². The average molecular weight is 170 g/mol. The lowest BCUT2D eigenvalue weighted by molar-refractivity contribution is -0.146. The maximum absolute atomic E-state index is 10.9. The quantitative estimate of drug-likeness (QED) is 0.587. The molecule has 12 heavy (non-hydrogen) atoms. The molecular weight excluding hydrogens is 156 g/mol. The van der Waals surface area contributed by atoms with Crippen molar-refractivity contribution >= 4 is 11.8 Å². The predicted molar refractivity (Wildman–Crippen MR) is 43.6 cm³/mol. The van der Waals surface area contributed by atoms with E-state index < -0.39 is 0 Å². The number of esters is 1. The van der Waals surface area contributed by atoms with Crippen LogP contribution in [-0.2, 0) is 14.3 Å². The van der Waals surface area contributed by atoms with Crippen LogP contribution in [0.15, 0.2) is 0 Å². The van der Waals surface area contributed by atoms with E-state index in [4.69, 9.17) is 4.74 Å². The van der Waals surface area contributed by atoms with Gasteiger partial charge in [-0.2, -0.15) is 0 Å². The Morgan fingerprint density at radius 2 is 1.92 bits per heavy atom. The van der Waals surface area contributed by atoms with Crippen molar-refractivity contribution in [2.24, 2.45) is 5.92 Å². The molecule has 3 nitrogen and oxygen atoms in total. The Hall–Kier alpha value is -0.860. The first-order valence-corrected chi connectivity index (χ1v) is 4.27. The maximum Gasteiger partial charge on any atom is 0.302 e. The second-order valence-electron chi connectivity index (χ2n) is 3.35. The van der Waals surface area contributed by atoms with Gasteiger partial charge < -0.3 is 4.74 Å². The van der Waals surface area contributed by atoms with E-state index in [2.05, 4.69) is 0 Å². The first-order valence-electron chi connectivity index (χ1n) is 4.27. The van der Waals surface area contributed by atoms with Gasteiger partial charge in [0.15, 0.2) is 0 Å². The molecule has 0 amide bonds. The molecule has 3 heteroatoms. The van der Waals surface area contributed by atoms with Gasteiger partial charge in [0.25, 0.3) is 0 Å². The van der Waals surface area contributed by atoms with Crippen molar-refractivity contribution in [2.75, 3.05) is 0 Å². The molecule has 0 N–H and O–H groups in total. The molecule has 1 saturated carbocycles. The second-order valence-corrected chi connectivity index (χ2v) is 3.35. The molecule has 0 aliphatic heterocycles. The van der Waals surface area contributed by atoms with E-state index in [0.29, 0.717) is 0 Å². The Balaban J connectivity index is 2.35. The standard InChI is InChI=1S/C9H14O3/c1-6(10)8-3-4-9(5-8)12-7(2)11/h8-9H,3-5H2,1-2H3. The van der Waals surface area contributed by atoms with Gasteiger partial charge >= 0.3 is 5.97 Å². The number of carbonyl (C=O) groups excluding carboxylic acids is 2. The summed E-state index contributed by atoms with van der Waals surface area (Å²) in [5, 5.41) is 0. The molecule has 0 radical (unpaired) electrons. The molecule has 0 aromatic rings. The minimum atomic E-state index is -0.246. The number of ether oxygens (including phenoxy) is 1. The zero-order chi connectivity index (χ0) is 9.14. The number of Topliss-reactive ketones (excluding diaryl/α,β-unsaturated/α-hetero) is 1. The van der Waals surface area contributed by atoms with Crippen molar-refractivity contribution in [3.8, 4) is 0 Å². The molecule has 2 unspecified atom stereocenters. The van der Waals surface area contributed by atoms with Gasteiger partial charge in [0.1, 0.15) is 11.9 Å². The Morgan fingerprint density at radius 3 is 2.33 bits per heavy atom. The average Bonchev–Trinajstić information content (AvgIpc) is 2.34. The minimum absolute atomic E-state index is 0.0172. The Labute approximate surface area is 72.1 Å². The zero-order valence-corrected chi connectivity index (χ0v) is 7.50. The highest BCUT2D eigenvalue weighted by molar-refractivity contribution is 5.78. The van der Waals surface area contributed by atoms with Crippen LogP contribution < -0.4 is 0 Å². The highest BCUT2D eigenvalue weighted by Gasteiger charge is 2.29. The molecule has 68 valence electrons. The normalized spacial score (nSPS) is 28.5. The maximum atomic E-state index is 10.9. The number of rotatable bonds is 2. The smallest absolute Gasteiger partial charge is 0.302 e. The molecule has 0 spiro atoms. The van der Waals surface area contributed by atoms with Crippen LogP contribution in [0.3, 0.4) is 0 Å². The van der Waals surface area contributed by atoms with E-state index in [-0.39, 0.29) is 23.8 Å². The monoisotopic (exact) mass is 170 g/mol. The number of hydrogen-bond acceptors (Lipinski definition) is 3. The van der Waals surface area contributed by atoms with E-state index in [9.17, 15) is 9.59 Å². The van der Waals surface area contributed by atoms with Gasteiger partial charge in [-0.25, -0.2) is 0 Å². The topological polar surface area (TPSA) is 43.4 Å². The number of carbonyl (C=O) groups is 2. The Bertz CT molecular complexity index is 198. The van der Waals surface area contributed by atoms with E-state index in [1.54, 1.807) is 6.92 Å². The molecule has 0 aromatic carbocycles. The fourth-order valence-electron chi connectivity index (χ4n) is 1.65. The summed E-state index contributed by atoms with van der Waals surface area (Å²) in [4.78, 5) is 21.5. The van der Waals surface area contributed by atoms with E-state index in [1.165, 1.54) is 6.92 Å². The highest BCUT2D eigenvalue weighted by atomic mass is 16.5. The third kappa shape index (κ3) is 2.32. The number of hydrogen-bond donors (Lipinski definition) is 0. The molecule has 2 atom stereocenters. The third-order valence-corrected chi connectivity index (χ3v) is 2.29. The third-order valence-electron chi connectivity index (χ3n) is 2.29. The van der Waals surface area contributed by atoms with E-state index in [1.807, 2.05) is 0 Å². The molecule has 1 aliphatic carbocycles. The van der Waals surface area contributed by atoms with E-state index in [0.717, 1.165) is 19.3 Å². The van der Waals surface area contributed by atoms with Gasteiger partial charge in [-0.05, 0) is 26.2 Å². The Kier molecular flexibility index (Phi) is 2.84. The van der Waals surface area contributed by atoms with Crippen molar-refractivity contribution in [2.45, 2.75) is 39.2 Å². The van der Waals surface area contributed by atoms with Gasteiger partial charge in [0.05, 0.1) is 0 Å². The van der Waals surface area contributed by atoms with Crippen LogP contribution in [0.5, 0.6) is 0 Å². The van der Waals surface area contributed by atoms with Crippen LogP contribution in [-0.4, -0.2) is 17.9 Å². The largest absolute Gasteiger partial charge is 0.463 e. The first kappa shape index (κ1) is 9.23. The predicted octanol–water partition coefficient (Wildman–Crippen LogP) is 1.31. The van der Waals surface area contributed by atoms with Crippen molar-refractivity contribution in [3.05, 3.63) is 0 Å². The molecule has 0 heterocycles. The van der Waals surface area contributed by atoms with Gasteiger partial charge in [-0.3, -0.25) is 9.59 Å². The fourth-order valence-corrected chi connectivity index (χ4v) is 1.65.